The van der Waals surface area contributed by atoms with E-state index in [-0.39, 0.29) is 24.1 Å². The Labute approximate surface area is 237 Å². The Morgan fingerprint density at radius 2 is 1.62 bits per heavy atom. The van der Waals surface area contributed by atoms with Crippen LogP contribution in [0.15, 0.2) is 59.8 Å². The summed E-state index contributed by atoms with van der Waals surface area (Å²) in [7, 11) is 1.66. The van der Waals surface area contributed by atoms with Gasteiger partial charge in [-0.3, -0.25) is 14.4 Å². The fourth-order valence-corrected chi connectivity index (χ4v) is 4.34. The fraction of sp³-hybridized carbons (Fsp3) is 0.438. The summed E-state index contributed by atoms with van der Waals surface area (Å²) >= 11 is 0. The molecular formula is C32H43N3O5. The van der Waals surface area contributed by atoms with Crippen LogP contribution in [0.4, 0.5) is 0 Å². The molecule has 0 aliphatic carbocycles. The van der Waals surface area contributed by atoms with Gasteiger partial charge in [-0.05, 0) is 53.7 Å². The number of hydrogen-bond donors (Lipinski definition) is 2. The third-order valence-corrected chi connectivity index (χ3v) is 6.52. The molecule has 2 N–H and O–H groups in total. The van der Waals surface area contributed by atoms with Gasteiger partial charge in [-0.1, -0.05) is 77.1 Å². The van der Waals surface area contributed by atoms with Gasteiger partial charge >= 0.3 is 5.97 Å². The van der Waals surface area contributed by atoms with Crippen LogP contribution >= 0.6 is 0 Å². The van der Waals surface area contributed by atoms with Gasteiger partial charge in [-0.2, -0.15) is 0 Å². The number of nitrogens with one attached hydrogen (secondary N) is 2. The Bertz CT molecular complexity index is 1300. The Morgan fingerprint density at radius 1 is 1.00 bits per heavy atom. The number of ether oxygens (including phenoxy) is 1. The molecule has 2 rings (SSSR count). The van der Waals surface area contributed by atoms with Gasteiger partial charge in [0.15, 0.2) is 0 Å². The molecule has 0 saturated heterocycles. The van der Waals surface area contributed by atoms with Crippen LogP contribution in [0.3, 0.4) is 0 Å². The molecule has 0 aliphatic rings. The second-order valence-corrected chi connectivity index (χ2v) is 11.4. The smallest absolute Gasteiger partial charge is 0.333 e. The van der Waals surface area contributed by atoms with Gasteiger partial charge in [0, 0.05) is 19.5 Å². The molecule has 8 nitrogen and oxygen atoms in total. The lowest BCUT2D eigenvalue weighted by Gasteiger charge is -2.37. The maximum atomic E-state index is 13.9. The average Bonchev–Trinajstić information content (AvgIpc) is 2.87. The van der Waals surface area contributed by atoms with E-state index in [2.05, 4.69) is 10.6 Å². The molecule has 0 radical (unpaired) electrons. The zero-order chi connectivity index (χ0) is 30.2. The molecule has 0 heterocycles. The van der Waals surface area contributed by atoms with Crippen LogP contribution in [-0.4, -0.2) is 54.3 Å². The van der Waals surface area contributed by atoms with Crippen molar-refractivity contribution in [1.29, 1.82) is 0 Å². The highest BCUT2D eigenvalue weighted by molar-refractivity contribution is 6.03. The lowest BCUT2D eigenvalue weighted by molar-refractivity contribution is -0.140. The van der Waals surface area contributed by atoms with Crippen LogP contribution in [0.1, 0.15) is 61.0 Å². The maximum Gasteiger partial charge on any atom is 0.333 e. The Hall–Kier alpha value is -3.94. The number of hydrogen-bond acceptors (Lipinski definition) is 5. The molecule has 2 aromatic rings. The van der Waals surface area contributed by atoms with Crippen molar-refractivity contribution in [2.75, 3.05) is 13.7 Å². The summed E-state index contributed by atoms with van der Waals surface area (Å²) < 4.78 is 5.10. The van der Waals surface area contributed by atoms with Crippen LogP contribution in [0.2, 0.25) is 0 Å². The van der Waals surface area contributed by atoms with Crippen molar-refractivity contribution >= 4 is 40.5 Å². The molecule has 3 amide bonds. The summed E-state index contributed by atoms with van der Waals surface area (Å²) in [6.07, 6.45) is 3.32. The number of carbonyl (C=O) groups excluding carboxylic acids is 4. The number of nitrogens with zero attached hydrogens (tertiary/aromatic N) is 1. The van der Waals surface area contributed by atoms with Crippen LogP contribution < -0.4 is 10.6 Å². The van der Waals surface area contributed by atoms with Gasteiger partial charge in [-0.25, -0.2) is 4.79 Å². The highest BCUT2D eigenvalue weighted by Gasteiger charge is 2.37. The summed E-state index contributed by atoms with van der Waals surface area (Å²) in [5, 5.41) is 7.53. The first-order valence-corrected chi connectivity index (χ1v) is 13.6. The predicted octanol–water partition coefficient (Wildman–Crippen LogP) is 4.84. The number of esters is 1. The van der Waals surface area contributed by atoms with Crippen molar-refractivity contribution in [3.63, 3.8) is 0 Å². The molecule has 0 saturated carbocycles. The van der Waals surface area contributed by atoms with E-state index in [4.69, 9.17) is 4.74 Å². The zero-order valence-corrected chi connectivity index (χ0v) is 25.1. The third kappa shape index (κ3) is 8.79. The summed E-state index contributed by atoms with van der Waals surface area (Å²) in [6, 6.07) is 12.2. The lowest BCUT2D eigenvalue weighted by atomic mass is 9.85. The summed E-state index contributed by atoms with van der Waals surface area (Å²) in [5.41, 5.74) is 0.508. The molecule has 0 unspecified atom stereocenters. The van der Waals surface area contributed by atoms with Crippen molar-refractivity contribution < 1.29 is 23.9 Å². The Morgan fingerprint density at radius 3 is 2.17 bits per heavy atom. The van der Waals surface area contributed by atoms with E-state index >= 15 is 0 Å². The van der Waals surface area contributed by atoms with Crippen molar-refractivity contribution in [2.45, 2.75) is 67.5 Å². The number of amides is 3. The van der Waals surface area contributed by atoms with Crippen molar-refractivity contribution in [2.24, 2.45) is 11.3 Å². The first-order valence-electron chi connectivity index (χ1n) is 13.6. The summed E-state index contributed by atoms with van der Waals surface area (Å²) in [4.78, 5) is 53.2. The molecule has 0 aliphatic heterocycles. The standard InChI is InChI=1S/C32H43N3O5/c1-10-40-31(39)21(4)17-27(20(2)3)35(9)30(38)28(32(6,7)8)34-29(37)26(33-22(5)36)19-23-15-16-24-13-11-12-14-25(24)18-23/h11-20,27-28H,10H2,1-9H3,(H,33,36)(H,34,37)/b21-17+,26-19-/t27-,28-/m1/s1. The largest absolute Gasteiger partial charge is 0.463 e. The molecule has 8 heteroatoms. The number of fused-ring (bicyclic) bond motifs is 1. The quantitative estimate of drug-likeness (QED) is 0.326. The Kier molecular flexibility index (Phi) is 11.2. The second kappa shape index (κ2) is 13.9. The van der Waals surface area contributed by atoms with Crippen molar-refractivity contribution in [3.8, 4) is 0 Å². The van der Waals surface area contributed by atoms with Gasteiger partial charge in [0.05, 0.1) is 12.6 Å². The highest BCUT2D eigenvalue weighted by atomic mass is 16.5. The molecule has 0 fully saturated rings. The topological polar surface area (TPSA) is 105 Å². The average molecular weight is 550 g/mol. The van der Waals surface area contributed by atoms with Crippen LogP contribution in [0.25, 0.3) is 16.8 Å². The molecular weight excluding hydrogens is 506 g/mol. The maximum absolute atomic E-state index is 13.9. The molecule has 0 bridgehead atoms. The monoisotopic (exact) mass is 549 g/mol. The van der Waals surface area contributed by atoms with E-state index in [9.17, 15) is 19.2 Å². The van der Waals surface area contributed by atoms with E-state index in [0.29, 0.717) is 5.57 Å². The first kappa shape index (κ1) is 32.3. The number of likely N-dealkylation sites (N-methyl/N-ethyl adjacent to an activating group) is 1. The first-order chi connectivity index (χ1) is 18.6. The SMILES string of the molecule is CCOC(=O)/C(C)=C/[C@H](C(C)C)N(C)C(=O)[C@@H](NC(=O)/C(=C/c1ccc2ccccc2c1)NC(C)=O)C(C)(C)C. The molecule has 216 valence electrons. The van der Waals surface area contributed by atoms with Gasteiger partial charge < -0.3 is 20.3 Å². The summed E-state index contributed by atoms with van der Waals surface area (Å²) in [5.74, 6) is -1.76. The van der Waals surface area contributed by atoms with Crippen LogP contribution in [-0.2, 0) is 23.9 Å². The van der Waals surface area contributed by atoms with Gasteiger partial charge in [0.2, 0.25) is 11.8 Å². The van der Waals surface area contributed by atoms with Crippen molar-refractivity contribution in [1.82, 2.24) is 15.5 Å². The van der Waals surface area contributed by atoms with E-state index < -0.39 is 35.3 Å². The van der Waals surface area contributed by atoms with Crippen LogP contribution in [0, 0.1) is 11.3 Å². The predicted molar refractivity (Wildman–Crippen MR) is 159 cm³/mol. The number of benzene rings is 2. The van der Waals surface area contributed by atoms with E-state index in [0.717, 1.165) is 16.3 Å². The molecule has 40 heavy (non-hydrogen) atoms. The highest BCUT2D eigenvalue weighted by Crippen LogP contribution is 2.24. The van der Waals surface area contributed by atoms with E-state index in [1.54, 1.807) is 37.9 Å². The fourth-order valence-electron chi connectivity index (χ4n) is 4.34. The summed E-state index contributed by atoms with van der Waals surface area (Å²) in [6.45, 7) is 14.5. The van der Waals surface area contributed by atoms with Crippen molar-refractivity contribution in [3.05, 3.63) is 65.4 Å². The molecule has 0 aromatic heterocycles. The Balaban J connectivity index is 2.41. The number of rotatable bonds is 10. The third-order valence-electron chi connectivity index (χ3n) is 6.52. The molecule has 0 spiro atoms. The lowest BCUT2D eigenvalue weighted by Crippen LogP contribution is -2.57. The van der Waals surface area contributed by atoms with E-state index in [1.807, 2.05) is 77.1 Å². The van der Waals surface area contributed by atoms with Crippen LogP contribution in [0.5, 0.6) is 0 Å². The number of carbonyl (C=O) groups is 4. The van der Waals surface area contributed by atoms with Gasteiger partial charge in [0.25, 0.3) is 5.91 Å². The van der Waals surface area contributed by atoms with Gasteiger partial charge in [0.1, 0.15) is 11.7 Å². The minimum absolute atomic E-state index is 0.0163. The van der Waals surface area contributed by atoms with E-state index in [1.165, 1.54) is 6.92 Å². The molecule has 2 atom stereocenters. The second-order valence-electron chi connectivity index (χ2n) is 11.4. The minimum Gasteiger partial charge on any atom is -0.463 e. The zero-order valence-electron chi connectivity index (χ0n) is 25.1. The normalized spacial score (nSPS) is 13.9. The van der Waals surface area contributed by atoms with Gasteiger partial charge in [-0.15, -0.1) is 0 Å². The minimum atomic E-state index is -0.920. The molecule has 2 aromatic carbocycles.